The van der Waals surface area contributed by atoms with Crippen LogP contribution in [0, 0.1) is 20.8 Å². The van der Waals surface area contributed by atoms with Gasteiger partial charge in [0.15, 0.2) is 0 Å². The number of rotatable bonds is 4. The fourth-order valence-electron chi connectivity index (χ4n) is 3.78. The highest BCUT2D eigenvalue weighted by Gasteiger charge is 2.26. The molecule has 0 saturated carbocycles. The summed E-state index contributed by atoms with van der Waals surface area (Å²) in [5, 5.41) is 7.58. The van der Waals surface area contributed by atoms with E-state index in [4.69, 9.17) is 4.52 Å². The Morgan fingerprint density at radius 1 is 1.26 bits per heavy atom. The van der Waals surface area contributed by atoms with Crippen LogP contribution in [0.25, 0.3) is 11.1 Å². The molecule has 27 heavy (non-hydrogen) atoms. The summed E-state index contributed by atoms with van der Waals surface area (Å²) in [6.45, 7) is 6.15. The van der Waals surface area contributed by atoms with E-state index in [0.717, 1.165) is 36.2 Å². The number of carbonyl (C=O) groups excluding carboxylic acids is 1. The molecule has 0 spiro atoms. The third-order valence-corrected chi connectivity index (χ3v) is 5.02. The summed E-state index contributed by atoms with van der Waals surface area (Å²) in [5.74, 6) is -0.183. The van der Waals surface area contributed by atoms with Crippen LogP contribution >= 0.6 is 0 Å². The summed E-state index contributed by atoms with van der Waals surface area (Å²) in [6, 6.07) is 1.85. The number of hydrogen-bond acceptors (Lipinski definition) is 6. The van der Waals surface area contributed by atoms with Gasteiger partial charge in [0.05, 0.1) is 16.6 Å². The molecular weight excluding hydrogens is 346 g/mol. The SMILES string of the molecule is Cc1cc(C)n(CCNC(=O)c2c3c(nc4onc(C)c24)CCC3)c(=O)n1. The highest BCUT2D eigenvalue weighted by atomic mass is 16.5. The number of nitrogens with one attached hydrogen (secondary N) is 1. The number of aromatic nitrogens is 4. The molecule has 1 aliphatic carbocycles. The number of fused-ring (bicyclic) bond motifs is 2. The number of hydrogen-bond donors (Lipinski definition) is 1. The minimum Gasteiger partial charge on any atom is -0.350 e. The lowest BCUT2D eigenvalue weighted by Gasteiger charge is -2.12. The van der Waals surface area contributed by atoms with Crippen molar-refractivity contribution >= 4 is 17.0 Å². The van der Waals surface area contributed by atoms with E-state index in [-0.39, 0.29) is 11.6 Å². The number of amides is 1. The number of carbonyl (C=O) groups is 1. The van der Waals surface area contributed by atoms with Gasteiger partial charge < -0.3 is 9.84 Å². The van der Waals surface area contributed by atoms with Gasteiger partial charge in [0, 0.05) is 30.2 Å². The topological polar surface area (TPSA) is 103 Å². The Morgan fingerprint density at radius 2 is 2.07 bits per heavy atom. The van der Waals surface area contributed by atoms with Crippen molar-refractivity contribution in [1.82, 2.24) is 25.0 Å². The molecule has 8 nitrogen and oxygen atoms in total. The number of nitrogens with zero attached hydrogens (tertiary/aromatic N) is 4. The monoisotopic (exact) mass is 367 g/mol. The maximum Gasteiger partial charge on any atom is 0.348 e. The Hall–Kier alpha value is -3.03. The quantitative estimate of drug-likeness (QED) is 0.752. The lowest BCUT2D eigenvalue weighted by molar-refractivity contribution is 0.0952. The third kappa shape index (κ3) is 3.01. The van der Waals surface area contributed by atoms with Crippen molar-refractivity contribution in [1.29, 1.82) is 0 Å². The highest BCUT2D eigenvalue weighted by molar-refractivity contribution is 6.07. The zero-order valence-electron chi connectivity index (χ0n) is 15.6. The first-order valence-electron chi connectivity index (χ1n) is 9.06. The lowest BCUT2D eigenvalue weighted by atomic mass is 10.0. The van der Waals surface area contributed by atoms with Gasteiger partial charge in [-0.2, -0.15) is 4.98 Å². The Kier molecular flexibility index (Phi) is 4.25. The largest absolute Gasteiger partial charge is 0.350 e. The molecule has 140 valence electrons. The molecule has 0 fully saturated rings. The summed E-state index contributed by atoms with van der Waals surface area (Å²) >= 11 is 0. The van der Waals surface area contributed by atoms with Crippen LogP contribution in [-0.2, 0) is 19.4 Å². The number of aryl methyl sites for hydroxylation is 4. The standard InChI is InChI=1S/C19H21N5O3/c1-10-9-11(2)24(19(26)21-10)8-7-20-17(25)16-13-5-4-6-14(13)22-18-15(16)12(3)23-27-18/h9H,4-8H2,1-3H3,(H,20,25). The molecule has 1 aliphatic rings. The van der Waals surface area contributed by atoms with E-state index in [1.807, 2.05) is 19.9 Å². The van der Waals surface area contributed by atoms with Gasteiger partial charge in [-0.15, -0.1) is 0 Å². The molecule has 0 aliphatic heterocycles. The van der Waals surface area contributed by atoms with Crippen LogP contribution in [0.4, 0.5) is 0 Å². The Morgan fingerprint density at radius 3 is 2.85 bits per heavy atom. The van der Waals surface area contributed by atoms with E-state index in [1.165, 1.54) is 0 Å². The van der Waals surface area contributed by atoms with Crippen LogP contribution in [0.5, 0.6) is 0 Å². The van der Waals surface area contributed by atoms with Crippen LogP contribution < -0.4 is 11.0 Å². The number of pyridine rings is 1. The first-order chi connectivity index (χ1) is 13.0. The van der Waals surface area contributed by atoms with Gasteiger partial charge in [-0.05, 0) is 51.7 Å². The second-order valence-electron chi connectivity index (χ2n) is 6.94. The predicted molar refractivity (Wildman–Crippen MR) is 98.9 cm³/mol. The average molecular weight is 367 g/mol. The van der Waals surface area contributed by atoms with Gasteiger partial charge in [0.2, 0.25) is 0 Å². The molecule has 0 unspecified atom stereocenters. The molecule has 4 rings (SSSR count). The van der Waals surface area contributed by atoms with Gasteiger partial charge in [-0.1, -0.05) is 5.16 Å². The van der Waals surface area contributed by atoms with Gasteiger partial charge in [-0.25, -0.2) is 9.78 Å². The molecule has 0 saturated heterocycles. The lowest BCUT2D eigenvalue weighted by Crippen LogP contribution is -2.33. The average Bonchev–Trinajstić information content (AvgIpc) is 3.22. The van der Waals surface area contributed by atoms with E-state index in [9.17, 15) is 9.59 Å². The zero-order valence-corrected chi connectivity index (χ0v) is 15.6. The van der Waals surface area contributed by atoms with E-state index >= 15 is 0 Å². The third-order valence-electron chi connectivity index (χ3n) is 5.02. The highest BCUT2D eigenvalue weighted by Crippen LogP contribution is 2.31. The Bertz CT molecular complexity index is 1110. The molecule has 1 amide bonds. The summed E-state index contributed by atoms with van der Waals surface area (Å²) in [5.41, 5.74) is 4.79. The summed E-state index contributed by atoms with van der Waals surface area (Å²) in [7, 11) is 0. The van der Waals surface area contributed by atoms with E-state index in [0.29, 0.717) is 41.1 Å². The summed E-state index contributed by atoms with van der Waals surface area (Å²) in [6.07, 6.45) is 2.65. The second kappa shape index (κ2) is 6.61. The first kappa shape index (κ1) is 17.4. The van der Waals surface area contributed by atoms with Crippen molar-refractivity contribution in [3.8, 4) is 0 Å². The second-order valence-corrected chi connectivity index (χ2v) is 6.94. The van der Waals surface area contributed by atoms with Gasteiger partial charge in [-0.3, -0.25) is 9.36 Å². The van der Waals surface area contributed by atoms with Gasteiger partial charge in [0.1, 0.15) is 0 Å². The van der Waals surface area contributed by atoms with Crippen molar-refractivity contribution in [3.05, 3.63) is 50.5 Å². The maximum atomic E-state index is 13.0. The summed E-state index contributed by atoms with van der Waals surface area (Å²) < 4.78 is 6.85. The van der Waals surface area contributed by atoms with Crippen molar-refractivity contribution in [2.45, 2.75) is 46.6 Å². The molecule has 8 heteroatoms. The van der Waals surface area contributed by atoms with E-state index in [1.54, 1.807) is 11.5 Å². The van der Waals surface area contributed by atoms with E-state index in [2.05, 4.69) is 20.4 Å². The van der Waals surface area contributed by atoms with E-state index < -0.39 is 0 Å². The van der Waals surface area contributed by atoms with Crippen molar-refractivity contribution in [2.24, 2.45) is 0 Å². The van der Waals surface area contributed by atoms with Crippen LogP contribution in [0.2, 0.25) is 0 Å². The van der Waals surface area contributed by atoms with Crippen LogP contribution in [-0.4, -0.2) is 32.1 Å². The van der Waals surface area contributed by atoms with Crippen molar-refractivity contribution in [3.63, 3.8) is 0 Å². The molecule has 0 aromatic carbocycles. The van der Waals surface area contributed by atoms with Gasteiger partial charge in [0.25, 0.3) is 11.6 Å². The maximum absolute atomic E-state index is 13.0. The molecule has 3 aromatic rings. The van der Waals surface area contributed by atoms with Crippen molar-refractivity contribution < 1.29 is 9.32 Å². The normalized spacial score (nSPS) is 13.1. The van der Waals surface area contributed by atoms with Crippen LogP contribution in [0.15, 0.2) is 15.4 Å². The molecule has 0 bridgehead atoms. The summed E-state index contributed by atoms with van der Waals surface area (Å²) in [4.78, 5) is 33.5. The zero-order chi connectivity index (χ0) is 19.1. The molecule has 3 aromatic heterocycles. The molecule has 0 atom stereocenters. The Labute approximate surface area is 155 Å². The van der Waals surface area contributed by atoms with Crippen LogP contribution in [0.1, 0.15) is 45.1 Å². The van der Waals surface area contributed by atoms with Crippen molar-refractivity contribution in [2.75, 3.05) is 6.54 Å². The first-order valence-corrected chi connectivity index (χ1v) is 9.06. The fraction of sp³-hybridized carbons (Fsp3) is 0.421. The van der Waals surface area contributed by atoms with Gasteiger partial charge >= 0.3 is 5.69 Å². The Balaban J connectivity index is 1.60. The van der Waals surface area contributed by atoms with Crippen LogP contribution in [0.3, 0.4) is 0 Å². The smallest absolute Gasteiger partial charge is 0.348 e. The molecule has 1 N–H and O–H groups in total. The molecular formula is C19H21N5O3. The molecule has 3 heterocycles. The molecule has 0 radical (unpaired) electrons. The fourth-order valence-corrected chi connectivity index (χ4v) is 3.78. The minimum absolute atomic E-state index is 0.183. The predicted octanol–water partition coefficient (Wildman–Crippen LogP) is 1.62. The minimum atomic E-state index is -0.302.